The van der Waals surface area contributed by atoms with Crippen LogP contribution in [-0.2, 0) is 16.1 Å². The molecule has 3 rings (SSSR count). The van der Waals surface area contributed by atoms with E-state index in [9.17, 15) is 9.59 Å². The number of carbonyl (C=O) groups is 2. The molecule has 166 valence electrons. The van der Waals surface area contributed by atoms with Crippen LogP contribution in [0, 0.1) is 6.92 Å². The molecule has 1 unspecified atom stereocenters. The summed E-state index contributed by atoms with van der Waals surface area (Å²) >= 11 is 9.56. The minimum Gasteiger partial charge on any atom is -0.482 e. The topological polar surface area (TPSA) is 58.6 Å². The van der Waals surface area contributed by atoms with Gasteiger partial charge in [-0.25, -0.2) is 0 Å². The van der Waals surface area contributed by atoms with Gasteiger partial charge in [0.15, 0.2) is 6.61 Å². The maximum absolute atomic E-state index is 13.1. The van der Waals surface area contributed by atoms with Gasteiger partial charge in [0.2, 0.25) is 5.91 Å². The van der Waals surface area contributed by atoms with Crippen LogP contribution in [0.3, 0.4) is 0 Å². The molecule has 1 atom stereocenters. The van der Waals surface area contributed by atoms with Gasteiger partial charge in [-0.3, -0.25) is 9.59 Å². The summed E-state index contributed by atoms with van der Waals surface area (Å²) in [4.78, 5) is 27.6. The molecular weight excluding hydrogens is 480 g/mol. The van der Waals surface area contributed by atoms with E-state index in [1.807, 2.05) is 31.2 Å². The number of halogens is 2. The SMILES string of the molecule is Cc1cccc(CN(C(=O)COc2ccc(Br)cc2Cl)C(C)C(=O)NC2CCCC2)c1. The Balaban J connectivity index is 1.73. The molecule has 2 aromatic carbocycles. The minimum atomic E-state index is -0.613. The summed E-state index contributed by atoms with van der Waals surface area (Å²) in [6.45, 7) is 3.90. The Kier molecular flexibility index (Phi) is 8.38. The van der Waals surface area contributed by atoms with Crippen molar-refractivity contribution in [1.82, 2.24) is 10.2 Å². The van der Waals surface area contributed by atoms with E-state index in [4.69, 9.17) is 16.3 Å². The summed E-state index contributed by atoms with van der Waals surface area (Å²) in [6.07, 6.45) is 4.25. The first-order valence-corrected chi connectivity index (χ1v) is 11.7. The van der Waals surface area contributed by atoms with Gasteiger partial charge in [-0.1, -0.05) is 70.2 Å². The molecule has 2 amide bonds. The van der Waals surface area contributed by atoms with Crippen molar-refractivity contribution in [2.75, 3.05) is 6.61 Å². The average molecular weight is 508 g/mol. The van der Waals surface area contributed by atoms with Gasteiger partial charge < -0.3 is 15.0 Å². The summed E-state index contributed by atoms with van der Waals surface area (Å²) < 4.78 is 6.51. The number of aryl methyl sites for hydroxylation is 1. The molecule has 0 heterocycles. The predicted molar refractivity (Wildman–Crippen MR) is 126 cm³/mol. The minimum absolute atomic E-state index is 0.130. The van der Waals surface area contributed by atoms with E-state index >= 15 is 0 Å². The lowest BCUT2D eigenvalue weighted by molar-refractivity contribution is -0.142. The molecule has 0 aliphatic heterocycles. The molecule has 7 heteroatoms. The van der Waals surface area contributed by atoms with Gasteiger partial charge in [0, 0.05) is 17.1 Å². The molecule has 1 N–H and O–H groups in total. The van der Waals surface area contributed by atoms with E-state index in [0.29, 0.717) is 17.3 Å². The summed E-state index contributed by atoms with van der Waals surface area (Å²) in [5, 5.41) is 3.52. The van der Waals surface area contributed by atoms with E-state index in [-0.39, 0.29) is 24.5 Å². The lowest BCUT2D eigenvalue weighted by Gasteiger charge is -2.29. The van der Waals surface area contributed by atoms with Crippen LogP contribution in [0.4, 0.5) is 0 Å². The van der Waals surface area contributed by atoms with Crippen LogP contribution in [0.25, 0.3) is 0 Å². The van der Waals surface area contributed by atoms with E-state index in [2.05, 4.69) is 21.2 Å². The summed E-state index contributed by atoms with van der Waals surface area (Å²) in [5.41, 5.74) is 2.07. The van der Waals surface area contributed by atoms with E-state index in [1.165, 1.54) is 0 Å². The fourth-order valence-electron chi connectivity index (χ4n) is 3.80. The first kappa shape index (κ1) is 23.6. The second kappa shape index (κ2) is 11.0. The maximum atomic E-state index is 13.1. The molecule has 2 aromatic rings. The molecule has 0 radical (unpaired) electrons. The Morgan fingerprint density at radius 1 is 1.23 bits per heavy atom. The quantitative estimate of drug-likeness (QED) is 0.530. The standard InChI is InChI=1S/C24H28BrClN2O3/c1-16-6-5-7-18(12-16)14-28(17(2)24(30)27-20-8-3-4-9-20)23(29)15-31-22-11-10-19(25)13-21(22)26/h5-7,10-13,17,20H,3-4,8-9,14-15H2,1-2H3,(H,27,30). The van der Waals surface area contributed by atoms with Crippen LogP contribution >= 0.6 is 27.5 Å². The van der Waals surface area contributed by atoms with E-state index < -0.39 is 6.04 Å². The predicted octanol–water partition coefficient (Wildman–Crippen LogP) is 5.27. The van der Waals surface area contributed by atoms with Gasteiger partial charge in [0.25, 0.3) is 5.91 Å². The van der Waals surface area contributed by atoms with Crippen LogP contribution < -0.4 is 10.1 Å². The number of nitrogens with one attached hydrogen (secondary N) is 1. The molecule has 5 nitrogen and oxygen atoms in total. The molecule has 0 bridgehead atoms. The van der Waals surface area contributed by atoms with Crippen molar-refractivity contribution in [3.63, 3.8) is 0 Å². The van der Waals surface area contributed by atoms with Gasteiger partial charge in [-0.05, 0) is 50.5 Å². The molecule has 1 saturated carbocycles. The van der Waals surface area contributed by atoms with Crippen LogP contribution in [0.15, 0.2) is 46.9 Å². The van der Waals surface area contributed by atoms with Crippen LogP contribution in [0.2, 0.25) is 5.02 Å². The number of ether oxygens (including phenoxy) is 1. The lowest BCUT2D eigenvalue weighted by atomic mass is 10.1. The second-order valence-corrected chi connectivity index (χ2v) is 9.36. The number of carbonyl (C=O) groups excluding carboxylic acids is 2. The largest absolute Gasteiger partial charge is 0.482 e. The van der Waals surface area contributed by atoms with E-state index in [1.54, 1.807) is 30.0 Å². The zero-order valence-corrected chi connectivity index (χ0v) is 20.2. The van der Waals surface area contributed by atoms with Crippen LogP contribution in [0.1, 0.15) is 43.7 Å². The Morgan fingerprint density at radius 2 is 1.97 bits per heavy atom. The van der Waals surface area contributed by atoms with Crippen molar-refractivity contribution < 1.29 is 14.3 Å². The summed E-state index contributed by atoms with van der Waals surface area (Å²) in [7, 11) is 0. The van der Waals surface area contributed by atoms with Gasteiger partial charge in [-0.2, -0.15) is 0 Å². The smallest absolute Gasteiger partial charge is 0.261 e. The molecule has 1 aliphatic carbocycles. The fourth-order valence-corrected chi connectivity index (χ4v) is 4.52. The van der Waals surface area contributed by atoms with Crippen molar-refractivity contribution >= 4 is 39.3 Å². The third-order valence-electron chi connectivity index (χ3n) is 5.55. The zero-order valence-electron chi connectivity index (χ0n) is 17.9. The van der Waals surface area contributed by atoms with E-state index in [0.717, 1.165) is 41.3 Å². The van der Waals surface area contributed by atoms with Crippen LogP contribution in [-0.4, -0.2) is 35.4 Å². The molecule has 0 saturated heterocycles. The third kappa shape index (κ3) is 6.71. The van der Waals surface area contributed by atoms with Gasteiger partial charge in [0.05, 0.1) is 5.02 Å². The van der Waals surface area contributed by atoms with Gasteiger partial charge >= 0.3 is 0 Å². The van der Waals surface area contributed by atoms with Crippen molar-refractivity contribution in [2.24, 2.45) is 0 Å². The van der Waals surface area contributed by atoms with Crippen molar-refractivity contribution in [3.8, 4) is 5.75 Å². The highest BCUT2D eigenvalue weighted by molar-refractivity contribution is 9.10. The first-order chi connectivity index (χ1) is 14.8. The Hall–Kier alpha value is -2.05. The normalized spacial score (nSPS) is 14.8. The molecule has 0 aromatic heterocycles. The number of nitrogens with zero attached hydrogens (tertiary/aromatic N) is 1. The number of rotatable bonds is 8. The first-order valence-electron chi connectivity index (χ1n) is 10.6. The highest BCUT2D eigenvalue weighted by atomic mass is 79.9. The molecular formula is C24H28BrClN2O3. The van der Waals surface area contributed by atoms with Gasteiger partial charge in [0.1, 0.15) is 11.8 Å². The van der Waals surface area contributed by atoms with Gasteiger partial charge in [-0.15, -0.1) is 0 Å². The third-order valence-corrected chi connectivity index (χ3v) is 6.34. The lowest BCUT2D eigenvalue weighted by Crippen LogP contribution is -2.50. The zero-order chi connectivity index (χ0) is 22.4. The molecule has 1 aliphatic rings. The van der Waals surface area contributed by atoms with Crippen molar-refractivity contribution in [1.29, 1.82) is 0 Å². The van der Waals surface area contributed by atoms with Crippen molar-refractivity contribution in [3.05, 3.63) is 63.1 Å². The molecule has 0 spiro atoms. The average Bonchev–Trinajstić information content (AvgIpc) is 3.23. The Bertz CT molecular complexity index is 931. The second-order valence-electron chi connectivity index (χ2n) is 8.04. The molecule has 1 fully saturated rings. The summed E-state index contributed by atoms with van der Waals surface area (Å²) in [6, 6.07) is 12.7. The summed E-state index contributed by atoms with van der Waals surface area (Å²) in [5.74, 6) is 0.0286. The monoisotopic (exact) mass is 506 g/mol. The maximum Gasteiger partial charge on any atom is 0.261 e. The Morgan fingerprint density at radius 3 is 2.65 bits per heavy atom. The van der Waals surface area contributed by atoms with Crippen LogP contribution in [0.5, 0.6) is 5.75 Å². The number of benzene rings is 2. The molecule has 31 heavy (non-hydrogen) atoms. The number of hydrogen-bond donors (Lipinski definition) is 1. The fraction of sp³-hybridized carbons (Fsp3) is 0.417. The number of amides is 2. The highest BCUT2D eigenvalue weighted by Gasteiger charge is 2.28. The number of hydrogen-bond acceptors (Lipinski definition) is 3. The van der Waals surface area contributed by atoms with Crippen molar-refractivity contribution in [2.45, 2.75) is 58.2 Å². The Labute approximate surface area is 197 Å². The highest BCUT2D eigenvalue weighted by Crippen LogP contribution is 2.28.